The molecule has 1 saturated carbocycles. The minimum atomic E-state index is 0.266. The molecule has 112 valence electrons. The van der Waals surface area contributed by atoms with Gasteiger partial charge in [0.1, 0.15) is 0 Å². The maximum absolute atomic E-state index is 6.20. The van der Waals surface area contributed by atoms with E-state index in [0.717, 1.165) is 18.4 Å². The van der Waals surface area contributed by atoms with Crippen LogP contribution in [0, 0.1) is 11.8 Å². The molecule has 0 aromatic heterocycles. The molecule has 1 N–H and O–H groups in total. The fourth-order valence-electron chi connectivity index (χ4n) is 4.14. The van der Waals surface area contributed by atoms with Gasteiger partial charge in [-0.25, -0.2) is 0 Å². The van der Waals surface area contributed by atoms with Crippen molar-refractivity contribution >= 4 is 0 Å². The van der Waals surface area contributed by atoms with Gasteiger partial charge in [0.25, 0.3) is 0 Å². The van der Waals surface area contributed by atoms with Crippen LogP contribution < -0.4 is 5.32 Å². The molecular formula is C17H33NO. The summed E-state index contributed by atoms with van der Waals surface area (Å²) >= 11 is 0. The molecule has 3 atom stereocenters. The van der Waals surface area contributed by atoms with Crippen molar-refractivity contribution in [2.75, 3.05) is 13.2 Å². The molecule has 3 unspecified atom stereocenters. The molecule has 19 heavy (non-hydrogen) atoms. The maximum Gasteiger partial charge on any atom is 0.0685 e. The zero-order valence-corrected chi connectivity index (χ0v) is 13.2. The van der Waals surface area contributed by atoms with Crippen LogP contribution in [0.2, 0.25) is 0 Å². The number of hydrogen-bond acceptors (Lipinski definition) is 2. The lowest BCUT2D eigenvalue weighted by Gasteiger charge is -2.43. The van der Waals surface area contributed by atoms with E-state index in [9.17, 15) is 0 Å². The molecule has 2 heteroatoms. The van der Waals surface area contributed by atoms with E-state index in [1.54, 1.807) is 0 Å². The molecule has 2 fully saturated rings. The molecule has 2 nitrogen and oxygen atoms in total. The highest BCUT2D eigenvalue weighted by Gasteiger charge is 2.42. The molecule has 1 aliphatic carbocycles. The molecule has 0 aromatic carbocycles. The summed E-state index contributed by atoms with van der Waals surface area (Å²) in [6, 6.07) is 0.700. The van der Waals surface area contributed by atoms with Gasteiger partial charge < -0.3 is 10.1 Å². The predicted octanol–water partition coefficient (Wildman–Crippen LogP) is 4.14. The van der Waals surface area contributed by atoms with Crippen LogP contribution in [0.25, 0.3) is 0 Å². The lowest BCUT2D eigenvalue weighted by Crippen LogP contribution is -2.48. The number of rotatable bonds is 6. The Morgan fingerprint density at radius 2 is 2.00 bits per heavy atom. The molecule has 2 rings (SSSR count). The summed E-state index contributed by atoms with van der Waals surface area (Å²) in [7, 11) is 0. The largest absolute Gasteiger partial charge is 0.375 e. The second kappa shape index (κ2) is 7.08. The van der Waals surface area contributed by atoms with E-state index in [2.05, 4.69) is 26.1 Å². The van der Waals surface area contributed by atoms with Crippen molar-refractivity contribution in [3.05, 3.63) is 0 Å². The molecule has 0 amide bonds. The maximum atomic E-state index is 6.20. The van der Waals surface area contributed by atoms with Gasteiger partial charge in [-0.1, -0.05) is 40.0 Å². The predicted molar refractivity (Wildman–Crippen MR) is 81.4 cm³/mol. The Kier molecular flexibility index (Phi) is 5.70. The fraction of sp³-hybridized carbons (Fsp3) is 1.00. The standard InChI is InChI=1S/C17H33NO/c1-4-11-18-16(14(3)5-2)15-8-12-19-17(13-15)9-6-7-10-17/h14-16,18H,4-13H2,1-3H3. The van der Waals surface area contributed by atoms with Gasteiger partial charge in [0, 0.05) is 12.6 Å². The van der Waals surface area contributed by atoms with Crippen LogP contribution in [0.3, 0.4) is 0 Å². The lowest BCUT2D eigenvalue weighted by atomic mass is 9.76. The van der Waals surface area contributed by atoms with Crippen molar-refractivity contribution in [3.8, 4) is 0 Å². The number of nitrogens with one attached hydrogen (secondary N) is 1. The number of hydrogen-bond donors (Lipinski definition) is 1. The van der Waals surface area contributed by atoms with Crippen molar-refractivity contribution < 1.29 is 4.74 Å². The molecule has 1 spiro atoms. The second-order valence-corrected chi connectivity index (χ2v) is 6.86. The minimum absolute atomic E-state index is 0.266. The Hall–Kier alpha value is -0.0800. The van der Waals surface area contributed by atoms with Gasteiger partial charge in [-0.3, -0.25) is 0 Å². The van der Waals surface area contributed by atoms with Crippen molar-refractivity contribution in [2.24, 2.45) is 11.8 Å². The zero-order valence-electron chi connectivity index (χ0n) is 13.2. The SMILES string of the molecule is CCCNC(C(C)CC)C1CCOC2(CCCC2)C1. The fourth-order valence-corrected chi connectivity index (χ4v) is 4.14. The van der Waals surface area contributed by atoms with Gasteiger partial charge in [0.2, 0.25) is 0 Å². The van der Waals surface area contributed by atoms with E-state index >= 15 is 0 Å². The van der Waals surface area contributed by atoms with E-state index in [-0.39, 0.29) is 5.60 Å². The first kappa shape index (κ1) is 15.3. The summed E-state index contributed by atoms with van der Waals surface area (Å²) in [5.74, 6) is 1.61. The Balaban J connectivity index is 1.99. The first-order chi connectivity index (χ1) is 9.21. The normalized spacial score (nSPS) is 29.5. The average molecular weight is 267 g/mol. The highest BCUT2D eigenvalue weighted by atomic mass is 16.5. The summed E-state index contributed by atoms with van der Waals surface area (Å²) < 4.78 is 6.20. The Bertz CT molecular complexity index is 260. The molecule has 1 saturated heterocycles. The van der Waals surface area contributed by atoms with E-state index in [1.165, 1.54) is 57.9 Å². The quantitative estimate of drug-likeness (QED) is 0.781. The first-order valence-electron chi connectivity index (χ1n) is 8.58. The van der Waals surface area contributed by atoms with E-state index < -0.39 is 0 Å². The van der Waals surface area contributed by atoms with Crippen molar-refractivity contribution in [3.63, 3.8) is 0 Å². The summed E-state index contributed by atoms with van der Waals surface area (Å²) in [6.07, 6.45) is 10.5. The van der Waals surface area contributed by atoms with Crippen molar-refractivity contribution in [1.82, 2.24) is 5.32 Å². The van der Waals surface area contributed by atoms with Crippen molar-refractivity contribution in [2.45, 2.75) is 83.8 Å². The zero-order chi connectivity index (χ0) is 13.7. The van der Waals surface area contributed by atoms with Crippen LogP contribution in [-0.2, 0) is 4.74 Å². The van der Waals surface area contributed by atoms with Gasteiger partial charge in [-0.15, -0.1) is 0 Å². The monoisotopic (exact) mass is 267 g/mol. The van der Waals surface area contributed by atoms with Crippen LogP contribution in [0.4, 0.5) is 0 Å². The summed E-state index contributed by atoms with van der Waals surface area (Å²) in [5.41, 5.74) is 0.266. The van der Waals surface area contributed by atoms with E-state index in [1.807, 2.05) is 0 Å². The van der Waals surface area contributed by atoms with Crippen LogP contribution in [0.1, 0.15) is 72.1 Å². The molecular weight excluding hydrogens is 234 g/mol. The smallest absolute Gasteiger partial charge is 0.0685 e. The van der Waals surface area contributed by atoms with Crippen LogP contribution in [-0.4, -0.2) is 24.8 Å². The molecule has 0 bridgehead atoms. The Labute approximate surface area is 119 Å². The van der Waals surface area contributed by atoms with Crippen LogP contribution >= 0.6 is 0 Å². The topological polar surface area (TPSA) is 21.3 Å². The second-order valence-electron chi connectivity index (χ2n) is 6.86. The third-order valence-corrected chi connectivity index (χ3v) is 5.44. The molecule has 0 radical (unpaired) electrons. The average Bonchev–Trinajstić information content (AvgIpc) is 2.87. The summed E-state index contributed by atoms with van der Waals surface area (Å²) in [6.45, 7) is 9.17. The summed E-state index contributed by atoms with van der Waals surface area (Å²) in [4.78, 5) is 0. The van der Waals surface area contributed by atoms with Gasteiger partial charge in [-0.2, -0.15) is 0 Å². The Morgan fingerprint density at radius 3 is 2.63 bits per heavy atom. The first-order valence-corrected chi connectivity index (χ1v) is 8.58. The molecule has 0 aromatic rings. The third-order valence-electron chi connectivity index (χ3n) is 5.44. The highest BCUT2D eigenvalue weighted by molar-refractivity contribution is 4.95. The minimum Gasteiger partial charge on any atom is -0.375 e. The van der Waals surface area contributed by atoms with E-state index in [4.69, 9.17) is 4.74 Å². The summed E-state index contributed by atoms with van der Waals surface area (Å²) in [5, 5.41) is 3.84. The highest BCUT2D eigenvalue weighted by Crippen LogP contribution is 2.43. The lowest BCUT2D eigenvalue weighted by molar-refractivity contribution is -0.101. The molecule has 2 aliphatic rings. The third kappa shape index (κ3) is 3.72. The Morgan fingerprint density at radius 1 is 1.26 bits per heavy atom. The number of ether oxygens (including phenoxy) is 1. The van der Waals surface area contributed by atoms with Gasteiger partial charge >= 0.3 is 0 Å². The molecule has 1 aliphatic heterocycles. The molecule has 1 heterocycles. The van der Waals surface area contributed by atoms with Crippen LogP contribution in [0.5, 0.6) is 0 Å². The van der Waals surface area contributed by atoms with Gasteiger partial charge in [0.15, 0.2) is 0 Å². The van der Waals surface area contributed by atoms with Gasteiger partial charge in [0.05, 0.1) is 5.60 Å². The van der Waals surface area contributed by atoms with Crippen molar-refractivity contribution in [1.29, 1.82) is 0 Å². The van der Waals surface area contributed by atoms with Crippen LogP contribution in [0.15, 0.2) is 0 Å². The van der Waals surface area contributed by atoms with Gasteiger partial charge in [-0.05, 0) is 50.5 Å². The van der Waals surface area contributed by atoms with E-state index in [0.29, 0.717) is 6.04 Å².